The average Bonchev–Trinajstić information content (AvgIpc) is 2.70. The number of aromatic nitrogens is 1. The summed E-state index contributed by atoms with van der Waals surface area (Å²) in [6.07, 6.45) is 3.84. The van der Waals surface area contributed by atoms with Crippen LogP contribution in [-0.2, 0) is 6.42 Å². The molecule has 0 aliphatic heterocycles. The molecule has 0 spiro atoms. The first-order valence-electron chi connectivity index (χ1n) is 6.71. The Morgan fingerprint density at radius 2 is 2.11 bits per heavy atom. The summed E-state index contributed by atoms with van der Waals surface area (Å²) in [5, 5.41) is 14.1. The number of fused-ring (bicyclic) bond motifs is 1. The molecule has 0 fully saturated rings. The minimum absolute atomic E-state index is 0.0234. The molecular formula is C15H24N2O. The Kier molecular flexibility index (Phi) is 3.47. The molecule has 1 heterocycles. The largest absolute Gasteiger partial charge is 0.388 e. The number of hydrogen-bond acceptors (Lipinski definition) is 3. The molecule has 0 saturated heterocycles. The standard InChI is InChI=1S/C15H24N2O/c1-14(2,3)17-10-15(4,18)12-8-7-11-6-5-9-16-13(11)12/h5-6,9,12,17-18H,7-8,10H2,1-4H3. The van der Waals surface area contributed by atoms with E-state index in [0.29, 0.717) is 6.54 Å². The average molecular weight is 248 g/mol. The van der Waals surface area contributed by atoms with Gasteiger partial charge in [-0.05, 0) is 52.2 Å². The molecule has 3 heteroatoms. The van der Waals surface area contributed by atoms with Crippen LogP contribution in [0.3, 0.4) is 0 Å². The lowest BCUT2D eigenvalue weighted by molar-refractivity contribution is 0.0243. The molecule has 2 rings (SSSR count). The molecule has 1 aromatic rings. The predicted molar refractivity (Wildman–Crippen MR) is 73.7 cm³/mol. The van der Waals surface area contributed by atoms with Crippen LogP contribution >= 0.6 is 0 Å². The summed E-state index contributed by atoms with van der Waals surface area (Å²) in [6, 6.07) is 4.10. The predicted octanol–water partition coefficient (Wildman–Crippen LogP) is 2.25. The highest BCUT2D eigenvalue weighted by molar-refractivity contribution is 5.31. The summed E-state index contributed by atoms with van der Waals surface area (Å²) in [5.74, 6) is 0.142. The quantitative estimate of drug-likeness (QED) is 0.862. The number of hydrogen-bond donors (Lipinski definition) is 2. The first-order valence-corrected chi connectivity index (χ1v) is 6.71. The van der Waals surface area contributed by atoms with Crippen molar-refractivity contribution in [1.29, 1.82) is 0 Å². The maximum absolute atomic E-state index is 10.7. The first kappa shape index (κ1) is 13.5. The van der Waals surface area contributed by atoms with Crippen LogP contribution < -0.4 is 5.32 Å². The van der Waals surface area contributed by atoms with Crippen molar-refractivity contribution in [2.24, 2.45) is 0 Å². The highest BCUT2D eigenvalue weighted by Crippen LogP contribution is 2.38. The van der Waals surface area contributed by atoms with Crippen LogP contribution in [0.15, 0.2) is 18.3 Å². The molecule has 18 heavy (non-hydrogen) atoms. The molecule has 0 amide bonds. The van der Waals surface area contributed by atoms with Crippen LogP contribution in [0.4, 0.5) is 0 Å². The fourth-order valence-electron chi connectivity index (χ4n) is 2.59. The number of β-amino-alcohol motifs (C(OH)–C–C–N with tert-alkyl or cyclic N) is 1. The SMILES string of the molecule is CC(C)(C)NCC(C)(O)C1CCc2cccnc21. The van der Waals surface area contributed by atoms with Crippen molar-refractivity contribution in [2.45, 2.75) is 57.6 Å². The Labute approximate surface area is 110 Å². The van der Waals surface area contributed by atoms with E-state index in [2.05, 4.69) is 37.1 Å². The van der Waals surface area contributed by atoms with Gasteiger partial charge in [-0.15, -0.1) is 0 Å². The van der Waals surface area contributed by atoms with Crippen LogP contribution in [0.2, 0.25) is 0 Å². The van der Waals surface area contributed by atoms with E-state index in [1.807, 2.05) is 19.2 Å². The minimum Gasteiger partial charge on any atom is -0.388 e. The maximum atomic E-state index is 10.7. The third-order valence-corrected chi connectivity index (χ3v) is 3.69. The molecule has 3 nitrogen and oxygen atoms in total. The molecule has 1 aliphatic carbocycles. The number of pyridine rings is 1. The number of aliphatic hydroxyl groups is 1. The van der Waals surface area contributed by atoms with Crippen LogP contribution in [0.1, 0.15) is 51.3 Å². The van der Waals surface area contributed by atoms with Crippen molar-refractivity contribution in [3.05, 3.63) is 29.6 Å². The maximum Gasteiger partial charge on any atom is 0.0827 e. The van der Waals surface area contributed by atoms with Gasteiger partial charge in [0.15, 0.2) is 0 Å². The van der Waals surface area contributed by atoms with E-state index in [1.165, 1.54) is 5.56 Å². The van der Waals surface area contributed by atoms with E-state index >= 15 is 0 Å². The van der Waals surface area contributed by atoms with E-state index in [4.69, 9.17) is 0 Å². The fourth-order valence-corrected chi connectivity index (χ4v) is 2.59. The first-order chi connectivity index (χ1) is 8.30. The highest BCUT2D eigenvalue weighted by atomic mass is 16.3. The van der Waals surface area contributed by atoms with Gasteiger partial charge in [-0.3, -0.25) is 4.98 Å². The summed E-state index contributed by atoms with van der Waals surface area (Å²) in [6.45, 7) is 8.86. The Bertz CT molecular complexity index is 421. The summed E-state index contributed by atoms with van der Waals surface area (Å²) in [7, 11) is 0. The molecule has 1 aliphatic rings. The van der Waals surface area contributed by atoms with Gasteiger partial charge in [-0.2, -0.15) is 0 Å². The van der Waals surface area contributed by atoms with Gasteiger partial charge in [0.05, 0.1) is 5.60 Å². The van der Waals surface area contributed by atoms with Gasteiger partial charge in [-0.25, -0.2) is 0 Å². The van der Waals surface area contributed by atoms with Crippen molar-refractivity contribution in [1.82, 2.24) is 10.3 Å². The zero-order valence-electron chi connectivity index (χ0n) is 11.8. The summed E-state index contributed by atoms with van der Waals surface area (Å²) >= 11 is 0. The molecule has 0 radical (unpaired) electrons. The van der Waals surface area contributed by atoms with Crippen molar-refractivity contribution in [3.8, 4) is 0 Å². The summed E-state index contributed by atoms with van der Waals surface area (Å²) < 4.78 is 0. The molecule has 1 aromatic heterocycles. The van der Waals surface area contributed by atoms with Gasteiger partial charge in [0.2, 0.25) is 0 Å². The minimum atomic E-state index is -0.743. The van der Waals surface area contributed by atoms with Gasteiger partial charge in [-0.1, -0.05) is 6.07 Å². The van der Waals surface area contributed by atoms with Crippen molar-refractivity contribution in [3.63, 3.8) is 0 Å². The Balaban J connectivity index is 2.12. The van der Waals surface area contributed by atoms with Gasteiger partial charge in [0.25, 0.3) is 0 Å². The number of aryl methyl sites for hydroxylation is 1. The third kappa shape index (κ3) is 2.90. The summed E-state index contributed by atoms with van der Waals surface area (Å²) in [4.78, 5) is 4.46. The van der Waals surface area contributed by atoms with E-state index in [9.17, 15) is 5.11 Å². The van der Waals surface area contributed by atoms with Gasteiger partial charge < -0.3 is 10.4 Å². The van der Waals surface area contributed by atoms with E-state index in [0.717, 1.165) is 18.5 Å². The molecule has 0 saturated carbocycles. The van der Waals surface area contributed by atoms with Crippen molar-refractivity contribution >= 4 is 0 Å². The van der Waals surface area contributed by atoms with Gasteiger partial charge in [0.1, 0.15) is 0 Å². The lowest BCUT2D eigenvalue weighted by Gasteiger charge is -2.34. The van der Waals surface area contributed by atoms with E-state index in [1.54, 1.807) is 0 Å². The lowest BCUT2D eigenvalue weighted by atomic mass is 9.86. The molecule has 2 N–H and O–H groups in total. The molecule has 0 aromatic carbocycles. The van der Waals surface area contributed by atoms with Crippen LogP contribution in [0.25, 0.3) is 0 Å². The van der Waals surface area contributed by atoms with Gasteiger partial charge in [0, 0.05) is 29.9 Å². The van der Waals surface area contributed by atoms with Crippen LogP contribution in [-0.4, -0.2) is 27.8 Å². The van der Waals surface area contributed by atoms with Crippen LogP contribution in [0, 0.1) is 0 Å². The monoisotopic (exact) mass is 248 g/mol. The third-order valence-electron chi connectivity index (χ3n) is 3.69. The van der Waals surface area contributed by atoms with Crippen molar-refractivity contribution in [2.75, 3.05) is 6.54 Å². The molecule has 2 atom stereocenters. The topological polar surface area (TPSA) is 45.1 Å². The number of rotatable bonds is 3. The zero-order chi connectivity index (χ0) is 13.4. The second-order valence-corrected chi connectivity index (χ2v) is 6.60. The van der Waals surface area contributed by atoms with Gasteiger partial charge >= 0.3 is 0 Å². The second kappa shape index (κ2) is 4.63. The lowest BCUT2D eigenvalue weighted by Crippen LogP contribution is -2.48. The molecular weight excluding hydrogens is 224 g/mol. The molecule has 0 bridgehead atoms. The van der Waals surface area contributed by atoms with Crippen molar-refractivity contribution < 1.29 is 5.11 Å². The smallest absolute Gasteiger partial charge is 0.0827 e. The van der Waals surface area contributed by atoms with E-state index in [-0.39, 0.29) is 11.5 Å². The zero-order valence-corrected chi connectivity index (χ0v) is 11.8. The summed E-state index contributed by atoms with van der Waals surface area (Å²) in [5.41, 5.74) is 1.65. The van der Waals surface area contributed by atoms with Crippen LogP contribution in [0.5, 0.6) is 0 Å². The second-order valence-electron chi connectivity index (χ2n) is 6.60. The Morgan fingerprint density at radius 1 is 1.39 bits per heavy atom. The Hall–Kier alpha value is -0.930. The molecule has 2 unspecified atom stereocenters. The normalized spacial score (nSPS) is 22.6. The fraction of sp³-hybridized carbons (Fsp3) is 0.667. The molecule has 100 valence electrons. The van der Waals surface area contributed by atoms with E-state index < -0.39 is 5.60 Å². The Morgan fingerprint density at radius 3 is 2.78 bits per heavy atom. The number of nitrogens with one attached hydrogen (secondary N) is 1. The highest BCUT2D eigenvalue weighted by Gasteiger charge is 2.38. The number of nitrogens with zero attached hydrogens (tertiary/aromatic N) is 1.